The van der Waals surface area contributed by atoms with Gasteiger partial charge in [-0.25, -0.2) is 4.39 Å². The Morgan fingerprint density at radius 3 is 2.12 bits per heavy atom. The second kappa shape index (κ2) is 4.25. The molecule has 0 fully saturated rings. The Morgan fingerprint density at radius 2 is 1.53 bits per heavy atom. The van der Waals surface area contributed by atoms with Crippen LogP contribution >= 0.6 is 0 Å². The van der Waals surface area contributed by atoms with E-state index in [1.165, 1.54) is 36.4 Å². The van der Waals surface area contributed by atoms with Crippen molar-refractivity contribution < 1.29 is 19.4 Å². The number of carbonyl (C=O) groups excluding carboxylic acids is 1. The maximum Gasteiger partial charge on any atom is 0.195 e. The van der Waals surface area contributed by atoms with Crippen molar-refractivity contribution in [3.05, 3.63) is 59.4 Å². The van der Waals surface area contributed by atoms with Crippen LogP contribution in [0.5, 0.6) is 11.5 Å². The molecule has 0 amide bonds. The summed E-state index contributed by atoms with van der Waals surface area (Å²) in [5, 5.41) is 18.1. The van der Waals surface area contributed by atoms with E-state index in [0.29, 0.717) is 0 Å². The molecule has 0 aliphatic carbocycles. The second-order valence-corrected chi connectivity index (χ2v) is 3.54. The van der Waals surface area contributed by atoms with Gasteiger partial charge in [-0.05, 0) is 36.4 Å². The van der Waals surface area contributed by atoms with Crippen LogP contribution in [0.25, 0.3) is 0 Å². The highest BCUT2D eigenvalue weighted by molar-refractivity contribution is 6.09. The SMILES string of the molecule is O=C(c1ccc(O)cc1)c1ccc(O)cc1F. The van der Waals surface area contributed by atoms with Crippen LogP contribution in [0.3, 0.4) is 0 Å². The lowest BCUT2D eigenvalue weighted by Gasteiger charge is -2.03. The van der Waals surface area contributed by atoms with Crippen molar-refractivity contribution >= 4 is 5.78 Å². The van der Waals surface area contributed by atoms with Crippen LogP contribution in [0.1, 0.15) is 15.9 Å². The van der Waals surface area contributed by atoms with Gasteiger partial charge in [0.2, 0.25) is 0 Å². The van der Waals surface area contributed by atoms with Gasteiger partial charge in [0.15, 0.2) is 5.78 Å². The fourth-order valence-electron chi connectivity index (χ4n) is 1.46. The zero-order valence-corrected chi connectivity index (χ0v) is 8.72. The molecule has 86 valence electrons. The Bertz CT molecular complexity index is 561. The lowest BCUT2D eigenvalue weighted by molar-refractivity contribution is 0.103. The molecule has 0 aliphatic heterocycles. The molecule has 2 rings (SSSR count). The molecular weight excluding hydrogens is 223 g/mol. The van der Waals surface area contributed by atoms with E-state index in [-0.39, 0.29) is 22.6 Å². The summed E-state index contributed by atoms with van der Waals surface area (Å²) in [5.41, 5.74) is 0.154. The van der Waals surface area contributed by atoms with Gasteiger partial charge in [-0.15, -0.1) is 0 Å². The summed E-state index contributed by atoms with van der Waals surface area (Å²) in [5.74, 6) is -1.47. The van der Waals surface area contributed by atoms with Crippen LogP contribution in [-0.2, 0) is 0 Å². The molecule has 2 N–H and O–H groups in total. The van der Waals surface area contributed by atoms with Crippen LogP contribution in [0, 0.1) is 5.82 Å². The molecule has 4 heteroatoms. The van der Waals surface area contributed by atoms with E-state index >= 15 is 0 Å². The first-order valence-corrected chi connectivity index (χ1v) is 4.90. The minimum atomic E-state index is -0.775. The van der Waals surface area contributed by atoms with E-state index in [1.807, 2.05) is 0 Å². The van der Waals surface area contributed by atoms with Crippen LogP contribution in [-0.4, -0.2) is 16.0 Å². The fourth-order valence-corrected chi connectivity index (χ4v) is 1.46. The molecule has 0 radical (unpaired) electrons. The number of aromatic hydroxyl groups is 2. The average molecular weight is 232 g/mol. The second-order valence-electron chi connectivity index (χ2n) is 3.54. The molecule has 0 aromatic heterocycles. The number of benzene rings is 2. The third kappa shape index (κ3) is 2.25. The predicted octanol–water partition coefficient (Wildman–Crippen LogP) is 2.47. The van der Waals surface area contributed by atoms with E-state index < -0.39 is 11.6 Å². The van der Waals surface area contributed by atoms with Gasteiger partial charge in [-0.1, -0.05) is 0 Å². The normalized spacial score (nSPS) is 10.2. The van der Waals surface area contributed by atoms with Crippen molar-refractivity contribution in [2.45, 2.75) is 0 Å². The number of carbonyl (C=O) groups is 1. The Labute approximate surface area is 96.8 Å². The highest BCUT2D eigenvalue weighted by atomic mass is 19.1. The average Bonchev–Trinajstić information content (AvgIpc) is 2.29. The minimum absolute atomic E-state index is 0.0349. The van der Waals surface area contributed by atoms with Crippen LogP contribution in [0.4, 0.5) is 4.39 Å². The molecule has 2 aromatic carbocycles. The number of ketones is 1. The fraction of sp³-hybridized carbons (Fsp3) is 0. The minimum Gasteiger partial charge on any atom is -0.508 e. The highest BCUT2D eigenvalue weighted by Gasteiger charge is 2.14. The predicted molar refractivity (Wildman–Crippen MR) is 59.6 cm³/mol. The molecule has 3 nitrogen and oxygen atoms in total. The molecule has 2 aromatic rings. The maximum atomic E-state index is 13.4. The number of rotatable bonds is 2. The van der Waals surface area contributed by atoms with Gasteiger partial charge >= 0.3 is 0 Å². The molecular formula is C13H9FO3. The van der Waals surface area contributed by atoms with E-state index in [0.717, 1.165) is 6.07 Å². The molecule has 0 spiro atoms. The Balaban J connectivity index is 2.40. The number of phenols is 2. The zero-order chi connectivity index (χ0) is 12.4. The molecule has 0 bridgehead atoms. The Morgan fingerprint density at radius 1 is 0.941 bits per heavy atom. The molecule has 0 atom stereocenters. The van der Waals surface area contributed by atoms with Crippen LogP contribution < -0.4 is 0 Å². The zero-order valence-electron chi connectivity index (χ0n) is 8.72. The summed E-state index contributed by atoms with van der Waals surface area (Å²) in [6.45, 7) is 0. The molecule has 0 saturated carbocycles. The molecule has 0 aliphatic rings. The van der Waals surface area contributed by atoms with Gasteiger partial charge in [-0.2, -0.15) is 0 Å². The first-order valence-electron chi connectivity index (χ1n) is 4.90. The molecule has 0 saturated heterocycles. The topological polar surface area (TPSA) is 57.5 Å². The Hall–Kier alpha value is -2.36. The summed E-state index contributed by atoms with van der Waals surface area (Å²) in [4.78, 5) is 11.9. The van der Waals surface area contributed by atoms with Crippen molar-refractivity contribution in [3.63, 3.8) is 0 Å². The quantitative estimate of drug-likeness (QED) is 0.782. The van der Waals surface area contributed by atoms with E-state index in [9.17, 15) is 9.18 Å². The molecule has 0 unspecified atom stereocenters. The number of hydrogen-bond acceptors (Lipinski definition) is 3. The van der Waals surface area contributed by atoms with E-state index in [4.69, 9.17) is 10.2 Å². The number of phenolic OH excluding ortho intramolecular Hbond substituents is 2. The summed E-state index contributed by atoms with van der Waals surface area (Å²) in [6, 6.07) is 8.87. The number of hydrogen-bond donors (Lipinski definition) is 2. The summed E-state index contributed by atoms with van der Waals surface area (Å²) in [7, 11) is 0. The Kier molecular flexibility index (Phi) is 2.78. The third-order valence-corrected chi connectivity index (χ3v) is 2.33. The third-order valence-electron chi connectivity index (χ3n) is 2.33. The van der Waals surface area contributed by atoms with Gasteiger partial charge in [0, 0.05) is 11.6 Å². The first kappa shape index (κ1) is 11.1. The van der Waals surface area contributed by atoms with E-state index in [1.54, 1.807) is 0 Å². The first-order chi connectivity index (χ1) is 8.08. The summed E-state index contributed by atoms with van der Waals surface area (Å²) in [6.07, 6.45) is 0. The van der Waals surface area contributed by atoms with Crippen molar-refractivity contribution in [1.82, 2.24) is 0 Å². The summed E-state index contributed by atoms with van der Waals surface area (Å²) < 4.78 is 13.4. The van der Waals surface area contributed by atoms with Crippen LogP contribution in [0.15, 0.2) is 42.5 Å². The maximum absolute atomic E-state index is 13.4. The van der Waals surface area contributed by atoms with Gasteiger partial charge in [0.25, 0.3) is 0 Å². The van der Waals surface area contributed by atoms with Crippen molar-refractivity contribution in [2.24, 2.45) is 0 Å². The van der Waals surface area contributed by atoms with Crippen molar-refractivity contribution in [1.29, 1.82) is 0 Å². The number of halogens is 1. The highest BCUT2D eigenvalue weighted by Crippen LogP contribution is 2.19. The largest absolute Gasteiger partial charge is 0.508 e. The van der Waals surface area contributed by atoms with E-state index in [2.05, 4.69) is 0 Å². The van der Waals surface area contributed by atoms with Gasteiger partial charge in [-0.3, -0.25) is 4.79 Å². The van der Waals surface area contributed by atoms with Crippen LogP contribution in [0.2, 0.25) is 0 Å². The van der Waals surface area contributed by atoms with Gasteiger partial charge in [0.1, 0.15) is 17.3 Å². The lowest BCUT2D eigenvalue weighted by Crippen LogP contribution is -2.03. The summed E-state index contributed by atoms with van der Waals surface area (Å²) >= 11 is 0. The van der Waals surface area contributed by atoms with Gasteiger partial charge in [0.05, 0.1) is 5.56 Å². The van der Waals surface area contributed by atoms with Gasteiger partial charge < -0.3 is 10.2 Å². The standard InChI is InChI=1S/C13H9FO3/c14-12-7-10(16)5-6-11(12)13(17)8-1-3-9(15)4-2-8/h1-7,15-16H. The molecule has 17 heavy (non-hydrogen) atoms. The lowest BCUT2D eigenvalue weighted by atomic mass is 10.0. The van der Waals surface area contributed by atoms with Crippen molar-refractivity contribution in [2.75, 3.05) is 0 Å². The smallest absolute Gasteiger partial charge is 0.195 e. The molecule has 0 heterocycles. The van der Waals surface area contributed by atoms with Crippen molar-refractivity contribution in [3.8, 4) is 11.5 Å². The monoisotopic (exact) mass is 232 g/mol.